The molecule has 0 amide bonds. The van der Waals surface area contributed by atoms with Crippen LogP contribution < -0.4 is 0 Å². The van der Waals surface area contributed by atoms with Crippen LogP contribution in [0.3, 0.4) is 0 Å². The van der Waals surface area contributed by atoms with Crippen LogP contribution in [0.25, 0.3) is 20.5 Å². The second kappa shape index (κ2) is 4.95. The average molecular weight is 252 g/mol. The summed E-state index contributed by atoms with van der Waals surface area (Å²) in [4.78, 5) is 1.37. The average Bonchev–Trinajstić information content (AvgIpc) is 2.83. The summed E-state index contributed by atoms with van der Waals surface area (Å²) in [6.45, 7) is 2.23. The highest BCUT2D eigenvalue weighted by molar-refractivity contribution is 7.22. The van der Waals surface area contributed by atoms with Gasteiger partial charge >= 0.3 is 0 Å². The van der Waals surface area contributed by atoms with Crippen LogP contribution in [0.1, 0.15) is 18.9 Å². The molecule has 18 heavy (non-hydrogen) atoms. The van der Waals surface area contributed by atoms with Gasteiger partial charge in [-0.25, -0.2) is 0 Å². The van der Waals surface area contributed by atoms with Crippen molar-refractivity contribution in [2.75, 3.05) is 0 Å². The van der Waals surface area contributed by atoms with E-state index in [9.17, 15) is 0 Å². The zero-order valence-electron chi connectivity index (χ0n) is 10.5. The Morgan fingerprint density at radius 1 is 0.944 bits per heavy atom. The van der Waals surface area contributed by atoms with E-state index in [0.29, 0.717) is 0 Å². The van der Waals surface area contributed by atoms with E-state index in [1.165, 1.54) is 38.9 Å². The number of rotatable bonds is 3. The van der Waals surface area contributed by atoms with Crippen LogP contribution in [0.2, 0.25) is 0 Å². The fraction of sp³-hybridized carbons (Fsp3) is 0.176. The minimum atomic E-state index is 1.17. The first-order valence-corrected chi connectivity index (χ1v) is 7.26. The first kappa shape index (κ1) is 11.5. The fourth-order valence-corrected chi connectivity index (χ4v) is 3.35. The second-order valence-corrected chi connectivity index (χ2v) is 5.68. The summed E-state index contributed by atoms with van der Waals surface area (Å²) >= 11 is 1.88. The molecule has 1 heteroatoms. The topological polar surface area (TPSA) is 0 Å². The molecular formula is C17H16S. The van der Waals surface area contributed by atoms with Crippen molar-refractivity contribution in [2.24, 2.45) is 0 Å². The molecule has 0 radical (unpaired) electrons. The smallest absolute Gasteiger partial charge is 0.0355 e. The first-order valence-electron chi connectivity index (χ1n) is 6.44. The lowest BCUT2D eigenvalue weighted by atomic mass is 10.1. The first-order chi connectivity index (χ1) is 8.86. The summed E-state index contributed by atoms with van der Waals surface area (Å²) in [7, 11) is 0. The van der Waals surface area contributed by atoms with Gasteiger partial charge < -0.3 is 0 Å². The molecule has 0 bridgehead atoms. The molecule has 1 aromatic heterocycles. The molecule has 1 heterocycles. The van der Waals surface area contributed by atoms with Gasteiger partial charge in [-0.2, -0.15) is 0 Å². The molecule has 3 rings (SSSR count). The Balaban J connectivity index is 2.05. The summed E-state index contributed by atoms with van der Waals surface area (Å²) in [6.07, 6.45) is 2.37. The van der Waals surface area contributed by atoms with Crippen LogP contribution in [0.5, 0.6) is 0 Å². The van der Waals surface area contributed by atoms with E-state index in [0.717, 1.165) is 0 Å². The van der Waals surface area contributed by atoms with Crippen LogP contribution in [0, 0.1) is 0 Å². The third-order valence-electron chi connectivity index (χ3n) is 3.18. The van der Waals surface area contributed by atoms with Crippen molar-refractivity contribution < 1.29 is 0 Å². The van der Waals surface area contributed by atoms with Crippen LogP contribution in [0.4, 0.5) is 0 Å². The minimum Gasteiger partial charge on any atom is -0.135 e. The maximum Gasteiger partial charge on any atom is 0.0355 e. The molecule has 0 saturated heterocycles. The van der Waals surface area contributed by atoms with Crippen molar-refractivity contribution >= 4 is 21.4 Å². The highest BCUT2D eigenvalue weighted by Gasteiger charge is 2.04. The Hall–Kier alpha value is -1.60. The lowest BCUT2D eigenvalue weighted by Gasteiger charge is -2.01. The van der Waals surface area contributed by atoms with Crippen molar-refractivity contribution in [3.05, 3.63) is 60.2 Å². The summed E-state index contributed by atoms with van der Waals surface area (Å²) in [5.41, 5.74) is 2.79. The van der Waals surface area contributed by atoms with Gasteiger partial charge in [0.2, 0.25) is 0 Å². The van der Waals surface area contributed by atoms with Gasteiger partial charge in [-0.05, 0) is 35.1 Å². The van der Waals surface area contributed by atoms with E-state index in [4.69, 9.17) is 0 Å². The molecule has 0 nitrogen and oxygen atoms in total. The SMILES string of the molecule is CCCc1cccc(-c2cc3ccccc3s2)c1. The predicted molar refractivity (Wildman–Crippen MR) is 81.3 cm³/mol. The van der Waals surface area contributed by atoms with E-state index in [1.807, 2.05) is 11.3 Å². The van der Waals surface area contributed by atoms with Gasteiger partial charge in [0.15, 0.2) is 0 Å². The summed E-state index contributed by atoms with van der Waals surface area (Å²) in [5.74, 6) is 0. The number of aryl methyl sites for hydroxylation is 1. The fourth-order valence-electron chi connectivity index (χ4n) is 2.29. The lowest BCUT2D eigenvalue weighted by Crippen LogP contribution is -1.82. The molecule has 0 aliphatic rings. The number of benzene rings is 2. The molecule has 0 unspecified atom stereocenters. The molecule has 90 valence electrons. The van der Waals surface area contributed by atoms with E-state index in [-0.39, 0.29) is 0 Å². The summed E-state index contributed by atoms with van der Waals surface area (Å²) < 4.78 is 1.37. The maximum absolute atomic E-state index is 2.33. The Morgan fingerprint density at radius 3 is 2.67 bits per heavy atom. The molecule has 0 spiro atoms. The van der Waals surface area contributed by atoms with Gasteiger partial charge in [0.1, 0.15) is 0 Å². The molecule has 0 atom stereocenters. The van der Waals surface area contributed by atoms with Crippen molar-refractivity contribution in [1.82, 2.24) is 0 Å². The Labute approximate surface area is 112 Å². The second-order valence-electron chi connectivity index (χ2n) is 4.60. The summed E-state index contributed by atoms with van der Waals surface area (Å²) in [5, 5.41) is 1.35. The quantitative estimate of drug-likeness (QED) is 0.575. The maximum atomic E-state index is 2.33. The van der Waals surface area contributed by atoms with Crippen LogP contribution in [-0.4, -0.2) is 0 Å². The lowest BCUT2D eigenvalue weighted by molar-refractivity contribution is 0.922. The van der Waals surface area contributed by atoms with Crippen molar-refractivity contribution in [3.63, 3.8) is 0 Å². The molecular weight excluding hydrogens is 236 g/mol. The molecule has 0 aliphatic carbocycles. The van der Waals surface area contributed by atoms with Gasteiger partial charge in [-0.15, -0.1) is 11.3 Å². The Morgan fingerprint density at radius 2 is 1.83 bits per heavy atom. The monoisotopic (exact) mass is 252 g/mol. The van der Waals surface area contributed by atoms with Gasteiger partial charge in [-0.3, -0.25) is 0 Å². The van der Waals surface area contributed by atoms with Gasteiger partial charge in [0.05, 0.1) is 0 Å². The number of fused-ring (bicyclic) bond motifs is 1. The highest BCUT2D eigenvalue weighted by atomic mass is 32.1. The largest absolute Gasteiger partial charge is 0.135 e. The normalized spacial score (nSPS) is 10.9. The third kappa shape index (κ3) is 2.19. The summed E-state index contributed by atoms with van der Waals surface area (Å²) in [6, 6.07) is 19.8. The predicted octanol–water partition coefficient (Wildman–Crippen LogP) is 5.52. The molecule has 2 aromatic carbocycles. The van der Waals surface area contributed by atoms with Gasteiger partial charge in [0.25, 0.3) is 0 Å². The number of hydrogen-bond acceptors (Lipinski definition) is 1. The highest BCUT2D eigenvalue weighted by Crippen LogP contribution is 2.33. The van der Waals surface area contributed by atoms with Crippen LogP contribution in [0.15, 0.2) is 54.6 Å². The molecule has 0 aliphatic heterocycles. The van der Waals surface area contributed by atoms with E-state index in [1.54, 1.807) is 0 Å². The van der Waals surface area contributed by atoms with Gasteiger partial charge in [0, 0.05) is 9.58 Å². The Kier molecular flexibility index (Phi) is 3.16. The van der Waals surface area contributed by atoms with Crippen molar-refractivity contribution in [3.8, 4) is 10.4 Å². The Bertz CT molecular complexity index is 631. The molecule has 0 saturated carbocycles. The minimum absolute atomic E-state index is 1.17. The van der Waals surface area contributed by atoms with E-state index < -0.39 is 0 Å². The number of thiophene rings is 1. The van der Waals surface area contributed by atoms with Gasteiger partial charge in [-0.1, -0.05) is 55.8 Å². The molecule has 0 N–H and O–H groups in total. The van der Waals surface area contributed by atoms with Crippen molar-refractivity contribution in [2.45, 2.75) is 19.8 Å². The standard InChI is InChI=1S/C17H16S/c1-2-6-13-7-5-9-14(11-13)17-12-15-8-3-4-10-16(15)18-17/h3-5,7-12H,2,6H2,1H3. The van der Waals surface area contributed by atoms with Crippen LogP contribution >= 0.6 is 11.3 Å². The van der Waals surface area contributed by atoms with Crippen molar-refractivity contribution in [1.29, 1.82) is 0 Å². The third-order valence-corrected chi connectivity index (χ3v) is 4.34. The zero-order valence-corrected chi connectivity index (χ0v) is 11.3. The number of hydrogen-bond donors (Lipinski definition) is 0. The zero-order chi connectivity index (χ0) is 12.4. The van der Waals surface area contributed by atoms with E-state index >= 15 is 0 Å². The molecule has 3 aromatic rings. The van der Waals surface area contributed by atoms with Crippen LogP contribution in [-0.2, 0) is 6.42 Å². The molecule has 0 fully saturated rings. The van der Waals surface area contributed by atoms with E-state index in [2.05, 4.69) is 61.5 Å².